The summed E-state index contributed by atoms with van der Waals surface area (Å²) in [7, 11) is 1.52. The highest BCUT2D eigenvalue weighted by molar-refractivity contribution is 6.00. The molecule has 76 valence electrons. The standard InChI is InChI=1S/C10H14N2O2/c1-3-12-10(13)7-5-4-6-8(14-2)9(7)11/h4-6H,3,11H2,1-2H3,(H,12,13). The number of methoxy groups -OCH3 is 1. The Labute approximate surface area is 83.1 Å². The highest BCUT2D eigenvalue weighted by Gasteiger charge is 2.11. The minimum Gasteiger partial charge on any atom is -0.495 e. The van der Waals surface area contributed by atoms with Crippen molar-refractivity contribution in [3.05, 3.63) is 23.8 Å². The van der Waals surface area contributed by atoms with E-state index < -0.39 is 0 Å². The lowest BCUT2D eigenvalue weighted by molar-refractivity contribution is 0.0956. The maximum Gasteiger partial charge on any atom is 0.253 e. The molecule has 0 aliphatic heterocycles. The van der Waals surface area contributed by atoms with E-state index in [2.05, 4.69) is 5.32 Å². The summed E-state index contributed by atoms with van der Waals surface area (Å²) in [5.74, 6) is 0.345. The number of amides is 1. The normalized spacial score (nSPS) is 9.57. The number of carbonyl (C=O) groups excluding carboxylic acids is 1. The number of hydrogen-bond donors (Lipinski definition) is 2. The van der Waals surface area contributed by atoms with Gasteiger partial charge in [-0.25, -0.2) is 0 Å². The number of ether oxygens (including phenoxy) is 1. The van der Waals surface area contributed by atoms with Gasteiger partial charge in [0, 0.05) is 6.54 Å². The first-order chi connectivity index (χ1) is 6.70. The maximum absolute atomic E-state index is 11.5. The lowest BCUT2D eigenvalue weighted by Crippen LogP contribution is -2.23. The topological polar surface area (TPSA) is 64.3 Å². The van der Waals surface area contributed by atoms with Gasteiger partial charge in [-0.3, -0.25) is 4.79 Å². The third kappa shape index (κ3) is 1.96. The average Bonchev–Trinajstić information content (AvgIpc) is 2.18. The molecular weight excluding hydrogens is 180 g/mol. The van der Waals surface area contributed by atoms with Gasteiger partial charge in [-0.05, 0) is 19.1 Å². The van der Waals surface area contributed by atoms with Crippen LogP contribution in [0.15, 0.2) is 18.2 Å². The first kappa shape index (κ1) is 10.4. The van der Waals surface area contributed by atoms with Gasteiger partial charge in [0.15, 0.2) is 0 Å². The molecular formula is C10H14N2O2. The van der Waals surface area contributed by atoms with E-state index in [9.17, 15) is 4.79 Å². The molecule has 1 aromatic rings. The largest absolute Gasteiger partial charge is 0.495 e. The molecule has 4 nitrogen and oxygen atoms in total. The van der Waals surface area contributed by atoms with Crippen molar-refractivity contribution in [1.82, 2.24) is 5.32 Å². The van der Waals surface area contributed by atoms with E-state index in [-0.39, 0.29) is 5.91 Å². The number of nitrogens with one attached hydrogen (secondary N) is 1. The van der Waals surface area contributed by atoms with E-state index in [4.69, 9.17) is 10.5 Å². The Bertz CT molecular complexity index is 337. The van der Waals surface area contributed by atoms with Crippen LogP contribution in [0.25, 0.3) is 0 Å². The molecule has 0 bridgehead atoms. The van der Waals surface area contributed by atoms with Crippen LogP contribution < -0.4 is 15.8 Å². The zero-order valence-electron chi connectivity index (χ0n) is 8.33. The maximum atomic E-state index is 11.5. The van der Waals surface area contributed by atoms with Gasteiger partial charge in [-0.2, -0.15) is 0 Å². The fourth-order valence-electron chi connectivity index (χ4n) is 1.18. The van der Waals surface area contributed by atoms with Crippen LogP contribution in [0, 0.1) is 0 Å². The Hall–Kier alpha value is -1.71. The highest BCUT2D eigenvalue weighted by Crippen LogP contribution is 2.24. The monoisotopic (exact) mass is 194 g/mol. The molecule has 0 fully saturated rings. The Kier molecular flexibility index (Phi) is 3.34. The van der Waals surface area contributed by atoms with Crippen LogP contribution in [0.2, 0.25) is 0 Å². The fraction of sp³-hybridized carbons (Fsp3) is 0.300. The van der Waals surface area contributed by atoms with Gasteiger partial charge in [0.05, 0.1) is 18.4 Å². The van der Waals surface area contributed by atoms with Crippen LogP contribution in [0.1, 0.15) is 17.3 Å². The molecule has 0 unspecified atom stereocenters. The third-order valence-corrected chi connectivity index (χ3v) is 1.87. The van der Waals surface area contributed by atoms with E-state index in [0.29, 0.717) is 23.5 Å². The molecule has 0 saturated carbocycles. The van der Waals surface area contributed by atoms with Crippen LogP contribution >= 0.6 is 0 Å². The van der Waals surface area contributed by atoms with Gasteiger partial charge >= 0.3 is 0 Å². The number of nitrogen functional groups attached to an aromatic ring is 1. The zero-order valence-corrected chi connectivity index (χ0v) is 8.33. The molecule has 0 atom stereocenters. The summed E-state index contributed by atoms with van der Waals surface area (Å²) in [4.78, 5) is 11.5. The predicted octanol–water partition coefficient (Wildman–Crippen LogP) is 1.03. The number of para-hydroxylation sites is 1. The number of nitrogens with two attached hydrogens (primary N) is 1. The molecule has 1 aromatic carbocycles. The number of benzene rings is 1. The van der Waals surface area contributed by atoms with Crippen LogP contribution in [0.5, 0.6) is 5.75 Å². The predicted molar refractivity (Wildman–Crippen MR) is 55.4 cm³/mol. The molecule has 1 rings (SSSR count). The Balaban J connectivity index is 3.03. The molecule has 3 N–H and O–H groups in total. The second-order valence-electron chi connectivity index (χ2n) is 2.78. The molecule has 1 amide bonds. The number of hydrogen-bond acceptors (Lipinski definition) is 3. The van der Waals surface area contributed by atoms with Crippen LogP contribution in [0.3, 0.4) is 0 Å². The molecule has 0 heterocycles. The van der Waals surface area contributed by atoms with E-state index in [0.717, 1.165) is 0 Å². The summed E-state index contributed by atoms with van der Waals surface area (Å²) < 4.78 is 5.01. The number of carbonyl (C=O) groups is 1. The number of rotatable bonds is 3. The van der Waals surface area contributed by atoms with Crippen molar-refractivity contribution in [2.75, 3.05) is 19.4 Å². The SMILES string of the molecule is CCNC(=O)c1cccc(OC)c1N. The summed E-state index contributed by atoms with van der Waals surface area (Å²) in [6.45, 7) is 2.43. The van der Waals surface area contributed by atoms with Crippen molar-refractivity contribution < 1.29 is 9.53 Å². The van der Waals surface area contributed by atoms with Crippen LogP contribution in [0.4, 0.5) is 5.69 Å². The molecule has 0 saturated heterocycles. The molecule has 0 aliphatic rings. The minimum atomic E-state index is -0.177. The lowest BCUT2D eigenvalue weighted by atomic mass is 10.1. The first-order valence-electron chi connectivity index (χ1n) is 4.41. The molecule has 4 heteroatoms. The van der Waals surface area contributed by atoms with Gasteiger partial charge < -0.3 is 15.8 Å². The van der Waals surface area contributed by atoms with Crippen molar-refractivity contribution in [2.45, 2.75) is 6.92 Å². The molecule has 0 aliphatic carbocycles. The average molecular weight is 194 g/mol. The van der Waals surface area contributed by atoms with Gasteiger partial charge in [0.2, 0.25) is 0 Å². The third-order valence-electron chi connectivity index (χ3n) is 1.87. The Morgan fingerprint density at radius 3 is 2.86 bits per heavy atom. The van der Waals surface area contributed by atoms with Gasteiger partial charge in [0.25, 0.3) is 5.91 Å². The molecule has 0 aromatic heterocycles. The molecule has 14 heavy (non-hydrogen) atoms. The summed E-state index contributed by atoms with van der Waals surface area (Å²) >= 11 is 0. The van der Waals surface area contributed by atoms with Gasteiger partial charge in [-0.1, -0.05) is 6.07 Å². The van der Waals surface area contributed by atoms with E-state index in [1.807, 2.05) is 6.92 Å². The smallest absolute Gasteiger partial charge is 0.253 e. The second kappa shape index (κ2) is 4.50. The van der Waals surface area contributed by atoms with E-state index in [1.54, 1.807) is 18.2 Å². The first-order valence-corrected chi connectivity index (χ1v) is 4.41. The fourth-order valence-corrected chi connectivity index (χ4v) is 1.18. The number of anilines is 1. The van der Waals surface area contributed by atoms with Crippen LogP contribution in [-0.4, -0.2) is 19.6 Å². The summed E-state index contributed by atoms with van der Waals surface area (Å²) in [5, 5.41) is 2.68. The van der Waals surface area contributed by atoms with Crippen molar-refractivity contribution in [2.24, 2.45) is 0 Å². The minimum absolute atomic E-state index is 0.177. The second-order valence-corrected chi connectivity index (χ2v) is 2.78. The van der Waals surface area contributed by atoms with E-state index >= 15 is 0 Å². The summed E-state index contributed by atoms with van der Waals surface area (Å²) in [6, 6.07) is 5.13. The zero-order chi connectivity index (χ0) is 10.6. The quantitative estimate of drug-likeness (QED) is 0.706. The highest BCUT2D eigenvalue weighted by atomic mass is 16.5. The van der Waals surface area contributed by atoms with Crippen molar-refractivity contribution in [1.29, 1.82) is 0 Å². The Morgan fingerprint density at radius 2 is 2.29 bits per heavy atom. The Morgan fingerprint density at radius 1 is 1.57 bits per heavy atom. The van der Waals surface area contributed by atoms with Gasteiger partial charge in [-0.15, -0.1) is 0 Å². The summed E-state index contributed by atoms with van der Waals surface area (Å²) in [6.07, 6.45) is 0. The van der Waals surface area contributed by atoms with Crippen molar-refractivity contribution in [3.8, 4) is 5.75 Å². The van der Waals surface area contributed by atoms with Gasteiger partial charge in [0.1, 0.15) is 5.75 Å². The van der Waals surface area contributed by atoms with Crippen LogP contribution in [-0.2, 0) is 0 Å². The molecule has 0 radical (unpaired) electrons. The summed E-state index contributed by atoms with van der Waals surface area (Å²) in [5.41, 5.74) is 6.57. The van der Waals surface area contributed by atoms with Crippen molar-refractivity contribution >= 4 is 11.6 Å². The van der Waals surface area contributed by atoms with Crippen molar-refractivity contribution in [3.63, 3.8) is 0 Å². The van der Waals surface area contributed by atoms with E-state index in [1.165, 1.54) is 7.11 Å². The molecule has 0 spiro atoms. The lowest BCUT2D eigenvalue weighted by Gasteiger charge is -2.09.